The standard InChI is InChI=1S/C21H26N2O5S/c1-5-15-9-7-10-16(6-2)20(15)22-19(24)14-28-21(25)17-11-8-12-18(13-17)29(26,27)23(3)4/h7-13H,5-6,14H2,1-4H3,(H,22,24). The van der Waals surface area contributed by atoms with Crippen LogP contribution >= 0.6 is 0 Å². The van der Waals surface area contributed by atoms with Crippen LogP contribution in [0.15, 0.2) is 47.4 Å². The molecule has 8 heteroatoms. The number of para-hydroxylation sites is 1. The van der Waals surface area contributed by atoms with E-state index in [1.54, 1.807) is 0 Å². The fourth-order valence-electron chi connectivity index (χ4n) is 2.79. The Morgan fingerprint density at radius 1 is 1.00 bits per heavy atom. The second kappa shape index (κ2) is 9.67. The van der Waals surface area contributed by atoms with Crippen LogP contribution in [0.4, 0.5) is 5.69 Å². The van der Waals surface area contributed by atoms with E-state index >= 15 is 0 Å². The lowest BCUT2D eigenvalue weighted by atomic mass is 10.0. The van der Waals surface area contributed by atoms with E-state index in [2.05, 4.69) is 5.32 Å². The van der Waals surface area contributed by atoms with E-state index in [-0.39, 0.29) is 10.5 Å². The van der Waals surface area contributed by atoms with Crippen LogP contribution in [-0.4, -0.2) is 45.3 Å². The molecule has 1 N–H and O–H groups in total. The van der Waals surface area contributed by atoms with Gasteiger partial charge in [-0.25, -0.2) is 17.5 Å². The van der Waals surface area contributed by atoms with Crippen LogP contribution in [0.1, 0.15) is 35.3 Å². The lowest BCUT2D eigenvalue weighted by Gasteiger charge is -2.14. The number of carbonyl (C=O) groups is 2. The minimum absolute atomic E-state index is 0.0223. The molecule has 156 valence electrons. The number of nitrogens with one attached hydrogen (secondary N) is 1. The fourth-order valence-corrected chi connectivity index (χ4v) is 3.74. The third kappa shape index (κ3) is 5.42. The zero-order chi connectivity index (χ0) is 21.6. The lowest BCUT2D eigenvalue weighted by molar-refractivity contribution is -0.119. The number of amides is 1. The normalized spacial score (nSPS) is 11.3. The Hall–Kier alpha value is -2.71. The summed E-state index contributed by atoms with van der Waals surface area (Å²) in [6, 6.07) is 11.4. The monoisotopic (exact) mass is 418 g/mol. The molecule has 0 saturated carbocycles. The highest BCUT2D eigenvalue weighted by Gasteiger charge is 2.20. The molecule has 0 aromatic heterocycles. The van der Waals surface area contributed by atoms with Crippen molar-refractivity contribution < 1.29 is 22.7 Å². The molecule has 29 heavy (non-hydrogen) atoms. The molecule has 0 aliphatic heterocycles. The second-order valence-electron chi connectivity index (χ2n) is 6.60. The van der Waals surface area contributed by atoms with Gasteiger partial charge in [0.15, 0.2) is 6.61 Å². The van der Waals surface area contributed by atoms with Crippen LogP contribution in [0.5, 0.6) is 0 Å². The van der Waals surface area contributed by atoms with Crippen molar-refractivity contribution in [2.24, 2.45) is 0 Å². The van der Waals surface area contributed by atoms with Crippen molar-refractivity contribution in [3.63, 3.8) is 0 Å². The predicted molar refractivity (Wildman–Crippen MR) is 111 cm³/mol. The highest BCUT2D eigenvalue weighted by atomic mass is 32.2. The molecule has 0 saturated heterocycles. The van der Waals surface area contributed by atoms with Gasteiger partial charge in [0.05, 0.1) is 10.5 Å². The first-order valence-electron chi connectivity index (χ1n) is 9.31. The molecule has 0 heterocycles. The van der Waals surface area contributed by atoms with Crippen molar-refractivity contribution in [3.05, 3.63) is 59.2 Å². The third-order valence-corrected chi connectivity index (χ3v) is 6.26. The van der Waals surface area contributed by atoms with Gasteiger partial charge < -0.3 is 10.1 Å². The minimum atomic E-state index is -3.67. The summed E-state index contributed by atoms with van der Waals surface area (Å²) in [6.07, 6.45) is 1.52. The summed E-state index contributed by atoms with van der Waals surface area (Å²) in [4.78, 5) is 24.6. The summed E-state index contributed by atoms with van der Waals surface area (Å²) in [7, 11) is -0.862. The van der Waals surface area contributed by atoms with Crippen molar-refractivity contribution in [1.29, 1.82) is 0 Å². The number of anilines is 1. The maximum atomic E-state index is 12.3. The number of aryl methyl sites for hydroxylation is 2. The summed E-state index contributed by atoms with van der Waals surface area (Å²) >= 11 is 0. The SMILES string of the molecule is CCc1cccc(CC)c1NC(=O)COC(=O)c1cccc(S(=O)(=O)N(C)C)c1. The van der Waals surface area contributed by atoms with Gasteiger partial charge >= 0.3 is 5.97 Å². The predicted octanol–water partition coefficient (Wildman–Crippen LogP) is 2.86. The maximum absolute atomic E-state index is 12.3. The molecule has 2 aromatic carbocycles. The first-order valence-corrected chi connectivity index (χ1v) is 10.7. The molecule has 1 amide bonds. The molecule has 7 nitrogen and oxygen atoms in total. The molecule has 2 aromatic rings. The lowest BCUT2D eigenvalue weighted by Crippen LogP contribution is -2.23. The van der Waals surface area contributed by atoms with E-state index in [9.17, 15) is 18.0 Å². The Morgan fingerprint density at radius 3 is 2.14 bits per heavy atom. The number of rotatable bonds is 8. The Morgan fingerprint density at radius 2 is 1.59 bits per heavy atom. The summed E-state index contributed by atoms with van der Waals surface area (Å²) in [6.45, 7) is 3.53. The topological polar surface area (TPSA) is 92.8 Å². The first-order chi connectivity index (χ1) is 13.7. The van der Waals surface area contributed by atoms with Gasteiger partial charge in [0, 0.05) is 19.8 Å². The van der Waals surface area contributed by atoms with Crippen molar-refractivity contribution in [3.8, 4) is 0 Å². The molecule has 2 rings (SSSR count). The average Bonchev–Trinajstić information content (AvgIpc) is 2.72. The van der Waals surface area contributed by atoms with Gasteiger partial charge in [-0.2, -0.15) is 0 Å². The first kappa shape index (κ1) is 22.6. The van der Waals surface area contributed by atoms with Crippen molar-refractivity contribution in [1.82, 2.24) is 4.31 Å². The van der Waals surface area contributed by atoms with Gasteiger partial charge in [-0.15, -0.1) is 0 Å². The number of esters is 1. The molecule has 0 aliphatic rings. The Kier molecular flexibility index (Phi) is 7.53. The van der Waals surface area contributed by atoms with Gasteiger partial charge in [-0.3, -0.25) is 4.79 Å². The van der Waals surface area contributed by atoms with Crippen LogP contribution in [0.3, 0.4) is 0 Å². The molecule has 0 atom stereocenters. The second-order valence-corrected chi connectivity index (χ2v) is 8.75. The number of hydrogen-bond donors (Lipinski definition) is 1. The van der Waals surface area contributed by atoms with E-state index in [0.717, 1.165) is 34.0 Å². The van der Waals surface area contributed by atoms with Crippen LogP contribution in [0, 0.1) is 0 Å². The highest BCUT2D eigenvalue weighted by molar-refractivity contribution is 7.89. The Bertz CT molecular complexity index is 978. The smallest absolute Gasteiger partial charge is 0.338 e. The highest BCUT2D eigenvalue weighted by Crippen LogP contribution is 2.22. The van der Waals surface area contributed by atoms with E-state index < -0.39 is 28.5 Å². The van der Waals surface area contributed by atoms with Crippen molar-refractivity contribution in [2.75, 3.05) is 26.0 Å². The number of benzene rings is 2. The van der Waals surface area contributed by atoms with E-state index in [4.69, 9.17) is 4.74 Å². The van der Waals surface area contributed by atoms with Crippen molar-refractivity contribution in [2.45, 2.75) is 31.6 Å². The molecule has 0 radical (unpaired) electrons. The molecule has 0 fully saturated rings. The molecular formula is C21H26N2O5S. The molecular weight excluding hydrogens is 392 g/mol. The van der Waals surface area contributed by atoms with Gasteiger partial charge in [0.2, 0.25) is 10.0 Å². The van der Waals surface area contributed by atoms with Gasteiger partial charge in [0.25, 0.3) is 5.91 Å². The molecule has 0 bridgehead atoms. The Labute approximate surface area is 171 Å². The summed E-state index contributed by atoms with van der Waals surface area (Å²) in [5, 5.41) is 2.82. The van der Waals surface area contributed by atoms with Crippen LogP contribution in [0.2, 0.25) is 0 Å². The zero-order valence-electron chi connectivity index (χ0n) is 17.1. The molecule has 0 aliphatic carbocycles. The molecule has 0 spiro atoms. The number of carbonyl (C=O) groups excluding carboxylic acids is 2. The fraction of sp³-hybridized carbons (Fsp3) is 0.333. The van der Waals surface area contributed by atoms with Crippen molar-refractivity contribution >= 4 is 27.6 Å². The van der Waals surface area contributed by atoms with Crippen LogP contribution in [0.25, 0.3) is 0 Å². The number of ether oxygens (including phenoxy) is 1. The maximum Gasteiger partial charge on any atom is 0.338 e. The molecule has 0 unspecified atom stereocenters. The van der Waals surface area contributed by atoms with Gasteiger partial charge in [0.1, 0.15) is 0 Å². The average molecular weight is 419 g/mol. The largest absolute Gasteiger partial charge is 0.452 e. The summed E-state index contributed by atoms with van der Waals surface area (Å²) in [5.41, 5.74) is 2.82. The number of nitrogens with zero attached hydrogens (tertiary/aromatic N) is 1. The van der Waals surface area contributed by atoms with E-state index in [1.807, 2.05) is 32.0 Å². The van der Waals surface area contributed by atoms with E-state index in [1.165, 1.54) is 38.4 Å². The van der Waals surface area contributed by atoms with Crippen LogP contribution in [-0.2, 0) is 32.4 Å². The summed E-state index contributed by atoms with van der Waals surface area (Å²) < 4.78 is 30.5. The van der Waals surface area contributed by atoms with Gasteiger partial charge in [-0.1, -0.05) is 38.1 Å². The number of hydrogen-bond acceptors (Lipinski definition) is 5. The summed E-state index contributed by atoms with van der Waals surface area (Å²) in [5.74, 6) is -1.22. The van der Waals surface area contributed by atoms with Crippen LogP contribution < -0.4 is 5.32 Å². The van der Waals surface area contributed by atoms with Gasteiger partial charge in [-0.05, 0) is 42.2 Å². The zero-order valence-corrected chi connectivity index (χ0v) is 17.9. The Balaban J connectivity index is 2.08. The number of sulfonamides is 1. The minimum Gasteiger partial charge on any atom is -0.452 e. The van der Waals surface area contributed by atoms with E-state index in [0.29, 0.717) is 0 Å². The third-order valence-electron chi connectivity index (χ3n) is 4.45. The quantitative estimate of drug-likeness (QED) is 0.666.